The van der Waals surface area contributed by atoms with Crippen LogP contribution in [-0.2, 0) is 24.0 Å². The first-order valence-corrected chi connectivity index (χ1v) is 14.7. The number of hydrogen-bond donors (Lipinski definition) is 5. The van der Waals surface area contributed by atoms with E-state index in [1.54, 1.807) is 0 Å². The fraction of sp³-hybridized carbons (Fsp3) is 0.815. The molecule has 0 aromatic carbocycles. The van der Waals surface area contributed by atoms with Crippen LogP contribution in [0.5, 0.6) is 0 Å². The fourth-order valence-corrected chi connectivity index (χ4v) is 4.39. The lowest BCUT2D eigenvalue weighted by atomic mass is 10.0. The van der Waals surface area contributed by atoms with Crippen molar-refractivity contribution in [2.24, 2.45) is 4.74 Å². The van der Waals surface area contributed by atoms with E-state index in [-0.39, 0.29) is 37.5 Å². The monoisotopic (exact) mass is 573 g/mol. The summed E-state index contributed by atoms with van der Waals surface area (Å²) in [4.78, 5) is 57.0. The van der Waals surface area contributed by atoms with Crippen LogP contribution in [0.3, 0.4) is 0 Å². The van der Waals surface area contributed by atoms with Crippen molar-refractivity contribution < 1.29 is 39.3 Å². The van der Waals surface area contributed by atoms with Crippen molar-refractivity contribution in [2.75, 3.05) is 6.54 Å². The first-order chi connectivity index (χ1) is 18.7. The number of carbonyl (C=O) groups excluding carboxylic acids is 2. The zero-order valence-corrected chi connectivity index (χ0v) is 24.1. The van der Waals surface area contributed by atoms with Crippen molar-refractivity contribution in [1.29, 1.82) is 0 Å². The van der Waals surface area contributed by atoms with Gasteiger partial charge in [0.05, 0.1) is 0 Å². The van der Waals surface area contributed by atoms with E-state index >= 15 is 0 Å². The maximum atomic E-state index is 12.2. The molecule has 0 aliphatic rings. The maximum absolute atomic E-state index is 12.2. The van der Waals surface area contributed by atoms with Gasteiger partial charge in [0.1, 0.15) is 6.04 Å². The number of carbonyl (C=O) groups is 5. The third-order valence-corrected chi connectivity index (χ3v) is 6.82. The molecule has 11 nitrogen and oxygen atoms in total. The lowest BCUT2D eigenvalue weighted by molar-refractivity contribution is -0.142. The molecule has 0 rings (SSSR count). The van der Waals surface area contributed by atoms with Crippen LogP contribution in [-0.4, -0.2) is 63.7 Å². The van der Waals surface area contributed by atoms with E-state index in [9.17, 15) is 29.1 Å². The summed E-state index contributed by atoms with van der Waals surface area (Å²) in [5.74, 6) is -3.55. The summed E-state index contributed by atoms with van der Waals surface area (Å²) in [7, 11) is 2.85. The first kappa shape index (κ1) is 36.5. The third kappa shape index (κ3) is 23.1. The van der Waals surface area contributed by atoms with E-state index in [2.05, 4.69) is 24.4 Å². The first-order valence-electron chi connectivity index (χ1n) is 14.3. The second kappa shape index (κ2) is 24.5. The molecule has 0 fully saturated rings. The number of nitrogens with zero attached hydrogens (tertiary/aromatic N) is 1. The fourth-order valence-electron chi connectivity index (χ4n) is 4.15. The minimum absolute atomic E-state index is 0.00142. The Hall–Kier alpha value is -2.55. The Morgan fingerprint density at radius 2 is 1.10 bits per heavy atom. The quantitative estimate of drug-likeness (QED) is 0.0675. The van der Waals surface area contributed by atoms with E-state index < -0.39 is 30.0 Å². The van der Waals surface area contributed by atoms with Crippen molar-refractivity contribution in [2.45, 2.75) is 134 Å². The molecule has 0 aliphatic heterocycles. The molecule has 2 amide bonds. The van der Waals surface area contributed by atoms with Gasteiger partial charge in [-0.3, -0.25) is 19.1 Å². The molecule has 0 aromatic heterocycles. The second-order valence-corrected chi connectivity index (χ2v) is 10.2. The Bertz CT molecular complexity index is 751. The molecule has 0 spiro atoms. The van der Waals surface area contributed by atoms with Crippen molar-refractivity contribution in [3.05, 3.63) is 0 Å². The number of amides is 2. The lowest BCUT2D eigenvalue weighted by Gasteiger charge is -2.14. The van der Waals surface area contributed by atoms with Gasteiger partial charge < -0.3 is 26.0 Å². The Balaban J connectivity index is 3.79. The van der Waals surface area contributed by atoms with Crippen molar-refractivity contribution in [1.82, 2.24) is 10.6 Å². The van der Waals surface area contributed by atoms with Gasteiger partial charge in [-0.05, 0) is 47.6 Å². The standard InChI is InChI=1S/C27H48N3O8P/c31-23(28-20-14-13-15-22(30-39)27(37)38)19-18-21(26(35)36)29-24(32)16-11-9-7-5-3-1-2-4-6-8-10-12-17-25(33)34/h21-22,39H,1-20H2,(H,28,31)(H,29,32)(H,33,34)(H,35,36)(H,37,38)/t21-,22-/m0/s1. The molecule has 5 N–H and O–H groups in total. The number of aliphatic carboxylic acids is 3. The summed E-state index contributed by atoms with van der Waals surface area (Å²) < 4.78 is 3.58. The molecular formula is C27H48N3O8P. The maximum Gasteiger partial charge on any atom is 0.328 e. The van der Waals surface area contributed by atoms with Crippen LogP contribution in [0.2, 0.25) is 0 Å². The molecule has 12 heteroatoms. The molecule has 0 aromatic rings. The van der Waals surface area contributed by atoms with E-state index in [0.717, 1.165) is 51.4 Å². The number of rotatable bonds is 27. The Morgan fingerprint density at radius 3 is 1.56 bits per heavy atom. The van der Waals surface area contributed by atoms with Crippen LogP contribution in [0.25, 0.3) is 0 Å². The van der Waals surface area contributed by atoms with Crippen molar-refractivity contribution >= 4 is 38.8 Å². The summed E-state index contributed by atoms with van der Waals surface area (Å²) in [5.41, 5.74) is 0. The highest BCUT2D eigenvalue weighted by Crippen LogP contribution is 2.13. The largest absolute Gasteiger partial charge is 0.481 e. The SMILES string of the molecule is O=C(O)CCCCCCCCCCCCCCC(=O)N[C@@H](CCC(=O)NCCCC[C@H](N=P)C(=O)O)C(=O)O. The summed E-state index contributed by atoms with van der Waals surface area (Å²) in [6.07, 6.45) is 14.4. The van der Waals surface area contributed by atoms with Crippen molar-refractivity contribution in [3.63, 3.8) is 0 Å². The van der Waals surface area contributed by atoms with Gasteiger partial charge in [0.15, 0.2) is 6.04 Å². The molecule has 0 bridgehead atoms. The summed E-state index contributed by atoms with van der Waals surface area (Å²) in [6.45, 7) is 0.354. The predicted molar refractivity (Wildman–Crippen MR) is 150 cm³/mol. The van der Waals surface area contributed by atoms with Gasteiger partial charge in [-0.25, -0.2) is 9.59 Å². The van der Waals surface area contributed by atoms with E-state index in [1.807, 2.05) is 0 Å². The molecule has 0 saturated carbocycles. The number of nitrogens with one attached hydrogen (secondary N) is 2. The van der Waals surface area contributed by atoms with Gasteiger partial charge >= 0.3 is 17.9 Å². The number of unbranched alkanes of at least 4 members (excludes halogenated alkanes) is 12. The van der Waals surface area contributed by atoms with Crippen LogP contribution in [0.15, 0.2) is 4.74 Å². The molecule has 0 radical (unpaired) electrons. The molecule has 224 valence electrons. The van der Waals surface area contributed by atoms with Crippen molar-refractivity contribution in [3.8, 4) is 0 Å². The molecule has 0 heterocycles. The second-order valence-electron chi connectivity index (χ2n) is 9.96. The summed E-state index contributed by atoms with van der Waals surface area (Å²) in [6, 6.07) is -1.94. The Labute approximate surface area is 234 Å². The zero-order chi connectivity index (χ0) is 29.3. The van der Waals surface area contributed by atoms with Gasteiger partial charge in [-0.1, -0.05) is 64.2 Å². The van der Waals surface area contributed by atoms with Crippen LogP contribution < -0.4 is 10.6 Å². The zero-order valence-electron chi connectivity index (χ0n) is 23.1. The molecule has 39 heavy (non-hydrogen) atoms. The van der Waals surface area contributed by atoms with Gasteiger partial charge in [0.2, 0.25) is 11.8 Å². The normalized spacial score (nSPS) is 12.3. The lowest BCUT2D eigenvalue weighted by Crippen LogP contribution is -2.41. The van der Waals surface area contributed by atoms with Crippen LogP contribution >= 0.6 is 9.03 Å². The third-order valence-electron chi connectivity index (χ3n) is 6.51. The Kier molecular flexibility index (Phi) is 22.9. The molecule has 0 aliphatic carbocycles. The molecule has 2 atom stereocenters. The predicted octanol–water partition coefficient (Wildman–Crippen LogP) is 4.95. The number of carboxylic acid groups (broad SMARTS) is 3. The summed E-state index contributed by atoms with van der Waals surface area (Å²) in [5, 5.41) is 32.1. The summed E-state index contributed by atoms with van der Waals surface area (Å²) >= 11 is 0. The minimum Gasteiger partial charge on any atom is -0.481 e. The molecule has 0 unspecified atom stereocenters. The van der Waals surface area contributed by atoms with Gasteiger partial charge in [-0.2, -0.15) is 0 Å². The van der Waals surface area contributed by atoms with Crippen LogP contribution in [0.1, 0.15) is 122 Å². The number of carboxylic acids is 3. The number of hydrogen-bond acceptors (Lipinski definition) is 6. The van der Waals surface area contributed by atoms with Crippen LogP contribution in [0, 0.1) is 0 Å². The average molecular weight is 574 g/mol. The highest BCUT2D eigenvalue weighted by Gasteiger charge is 2.21. The minimum atomic E-state index is -1.17. The molecular weight excluding hydrogens is 525 g/mol. The highest BCUT2D eigenvalue weighted by atomic mass is 31.0. The van der Waals surface area contributed by atoms with E-state index in [0.29, 0.717) is 32.2 Å². The smallest absolute Gasteiger partial charge is 0.328 e. The van der Waals surface area contributed by atoms with Gasteiger partial charge in [-0.15, -0.1) is 0 Å². The average Bonchev–Trinajstić information content (AvgIpc) is 2.88. The Morgan fingerprint density at radius 1 is 0.590 bits per heavy atom. The van der Waals surface area contributed by atoms with E-state index in [1.165, 1.54) is 19.3 Å². The van der Waals surface area contributed by atoms with Gasteiger partial charge in [0.25, 0.3) is 0 Å². The highest BCUT2D eigenvalue weighted by molar-refractivity contribution is 7.04. The van der Waals surface area contributed by atoms with E-state index in [4.69, 9.17) is 10.2 Å². The topological polar surface area (TPSA) is 182 Å². The van der Waals surface area contributed by atoms with Gasteiger partial charge in [0, 0.05) is 25.8 Å². The van der Waals surface area contributed by atoms with Crippen LogP contribution in [0.4, 0.5) is 0 Å². The molecule has 0 saturated heterocycles.